The van der Waals surface area contributed by atoms with Crippen LogP contribution in [0.4, 0.5) is 0 Å². The molecule has 2 aromatic rings. The Morgan fingerprint density at radius 2 is 1.90 bits per heavy atom. The number of benzene rings is 1. The van der Waals surface area contributed by atoms with Crippen molar-refractivity contribution in [1.29, 1.82) is 0 Å². The second-order valence-electron chi connectivity index (χ2n) is 4.83. The molecule has 0 bridgehead atoms. The molecular formula is C15H17Br2NOS. The number of aliphatic hydroxyl groups is 1. The average molecular weight is 419 g/mol. The molecule has 1 aromatic heterocycles. The minimum Gasteiger partial charge on any atom is -0.388 e. The molecule has 0 amide bonds. The van der Waals surface area contributed by atoms with E-state index in [1.54, 1.807) is 11.3 Å². The summed E-state index contributed by atoms with van der Waals surface area (Å²) in [4.78, 5) is 3.57. The molecule has 1 heterocycles. The Morgan fingerprint density at radius 3 is 2.50 bits per heavy atom. The molecule has 0 spiro atoms. The summed E-state index contributed by atoms with van der Waals surface area (Å²) in [6.07, 6.45) is 0.339. The van der Waals surface area contributed by atoms with E-state index < -0.39 is 6.10 Å². The molecule has 1 unspecified atom stereocenters. The van der Waals surface area contributed by atoms with Crippen LogP contribution in [0.15, 0.2) is 44.7 Å². The number of nitrogens with zero attached hydrogens (tertiary/aromatic N) is 1. The highest BCUT2D eigenvalue weighted by molar-refractivity contribution is 9.10. The van der Waals surface area contributed by atoms with E-state index in [0.717, 1.165) is 34.0 Å². The van der Waals surface area contributed by atoms with Crippen molar-refractivity contribution in [1.82, 2.24) is 4.90 Å². The summed E-state index contributed by atoms with van der Waals surface area (Å²) < 4.78 is 2.18. The van der Waals surface area contributed by atoms with Crippen molar-refractivity contribution in [2.75, 3.05) is 13.6 Å². The summed E-state index contributed by atoms with van der Waals surface area (Å²) >= 11 is 8.63. The molecule has 2 rings (SSSR count). The Hall–Kier alpha value is -0.200. The van der Waals surface area contributed by atoms with Crippen LogP contribution in [0.25, 0.3) is 0 Å². The molecule has 0 aliphatic heterocycles. The molecule has 108 valence electrons. The predicted octanol–water partition coefficient (Wildman–Crippen LogP) is 4.83. The summed E-state index contributed by atoms with van der Waals surface area (Å²) in [7, 11) is 2.09. The Bertz CT molecular complexity index is 541. The molecule has 0 saturated heterocycles. The first kappa shape index (κ1) is 16.2. The third-order valence-electron chi connectivity index (χ3n) is 3.09. The van der Waals surface area contributed by atoms with E-state index in [0.29, 0.717) is 0 Å². The lowest BCUT2D eigenvalue weighted by molar-refractivity contribution is 0.148. The molecule has 5 heteroatoms. The molecule has 0 aliphatic carbocycles. The quantitative estimate of drug-likeness (QED) is 0.726. The van der Waals surface area contributed by atoms with Crippen LogP contribution in [-0.4, -0.2) is 23.6 Å². The summed E-state index contributed by atoms with van der Waals surface area (Å²) in [6, 6.07) is 10.00. The van der Waals surface area contributed by atoms with Crippen LogP contribution in [0.3, 0.4) is 0 Å². The molecule has 1 atom stereocenters. The highest BCUT2D eigenvalue weighted by atomic mass is 79.9. The zero-order chi connectivity index (χ0) is 14.5. The van der Waals surface area contributed by atoms with E-state index >= 15 is 0 Å². The number of aliphatic hydroxyl groups excluding tert-OH is 1. The first-order valence-electron chi connectivity index (χ1n) is 6.39. The van der Waals surface area contributed by atoms with Crippen molar-refractivity contribution in [2.24, 2.45) is 0 Å². The van der Waals surface area contributed by atoms with Gasteiger partial charge in [-0.2, -0.15) is 0 Å². The van der Waals surface area contributed by atoms with Gasteiger partial charge in [0.2, 0.25) is 0 Å². The highest BCUT2D eigenvalue weighted by Crippen LogP contribution is 2.22. The maximum Gasteiger partial charge on any atom is 0.0802 e. The first-order chi connectivity index (χ1) is 9.54. The number of thiophene rings is 1. The van der Waals surface area contributed by atoms with Gasteiger partial charge in [0.25, 0.3) is 0 Å². The van der Waals surface area contributed by atoms with Gasteiger partial charge in [0.1, 0.15) is 0 Å². The Balaban J connectivity index is 1.80. The minimum absolute atomic E-state index is 0.402. The van der Waals surface area contributed by atoms with Crippen molar-refractivity contribution in [3.05, 3.63) is 55.1 Å². The van der Waals surface area contributed by atoms with Crippen molar-refractivity contribution < 1.29 is 5.11 Å². The second kappa shape index (κ2) is 7.71. The van der Waals surface area contributed by atoms with E-state index in [4.69, 9.17) is 0 Å². The van der Waals surface area contributed by atoms with Crippen LogP contribution in [0.5, 0.6) is 0 Å². The molecule has 0 aliphatic rings. The minimum atomic E-state index is -0.402. The van der Waals surface area contributed by atoms with Gasteiger partial charge in [-0.3, -0.25) is 0 Å². The fourth-order valence-electron chi connectivity index (χ4n) is 1.98. The van der Waals surface area contributed by atoms with Gasteiger partial charge < -0.3 is 10.0 Å². The predicted molar refractivity (Wildman–Crippen MR) is 92.1 cm³/mol. The Morgan fingerprint density at radius 1 is 1.20 bits per heavy atom. The van der Waals surface area contributed by atoms with Crippen molar-refractivity contribution >= 4 is 43.2 Å². The van der Waals surface area contributed by atoms with E-state index in [1.165, 1.54) is 4.88 Å². The smallest absolute Gasteiger partial charge is 0.0802 e. The SMILES string of the molecule is CN(CCC(O)c1ccc(Br)cc1)Cc1cc(Br)cs1. The molecule has 1 aromatic carbocycles. The second-order valence-corrected chi connectivity index (χ2v) is 7.65. The van der Waals surface area contributed by atoms with Gasteiger partial charge in [-0.1, -0.05) is 28.1 Å². The maximum absolute atomic E-state index is 10.2. The molecular weight excluding hydrogens is 402 g/mol. The number of halogens is 2. The molecule has 2 nitrogen and oxygen atoms in total. The number of rotatable bonds is 6. The van der Waals surface area contributed by atoms with Gasteiger partial charge in [0.15, 0.2) is 0 Å². The van der Waals surface area contributed by atoms with Crippen molar-refractivity contribution in [3.8, 4) is 0 Å². The maximum atomic E-state index is 10.2. The van der Waals surface area contributed by atoms with E-state index in [2.05, 4.69) is 55.3 Å². The fourth-order valence-corrected chi connectivity index (χ4v) is 3.77. The van der Waals surface area contributed by atoms with Crippen LogP contribution >= 0.6 is 43.2 Å². The Kier molecular flexibility index (Phi) is 6.23. The third kappa shape index (κ3) is 4.97. The van der Waals surface area contributed by atoms with Crippen LogP contribution in [0.2, 0.25) is 0 Å². The topological polar surface area (TPSA) is 23.5 Å². The summed E-state index contributed by atoms with van der Waals surface area (Å²) in [5.41, 5.74) is 0.973. The van der Waals surface area contributed by atoms with Crippen LogP contribution in [0.1, 0.15) is 23.0 Å². The average Bonchev–Trinajstić information content (AvgIpc) is 2.82. The molecule has 0 saturated carbocycles. The van der Waals surface area contributed by atoms with Crippen LogP contribution in [-0.2, 0) is 6.54 Å². The monoisotopic (exact) mass is 417 g/mol. The lowest BCUT2D eigenvalue weighted by atomic mass is 10.1. The van der Waals surface area contributed by atoms with Gasteiger partial charge in [0, 0.05) is 32.3 Å². The van der Waals surface area contributed by atoms with Crippen LogP contribution < -0.4 is 0 Å². The first-order valence-corrected chi connectivity index (χ1v) is 8.86. The highest BCUT2D eigenvalue weighted by Gasteiger charge is 2.09. The van der Waals surface area contributed by atoms with Crippen LogP contribution in [0, 0.1) is 0 Å². The summed E-state index contributed by atoms with van der Waals surface area (Å²) in [5.74, 6) is 0. The van der Waals surface area contributed by atoms with Gasteiger partial charge in [0.05, 0.1) is 6.10 Å². The standard InChI is InChI=1S/C15H17Br2NOS/c1-18(9-14-8-13(17)10-20-14)7-6-15(19)11-2-4-12(16)5-3-11/h2-5,8,10,15,19H,6-7,9H2,1H3. The summed E-state index contributed by atoms with van der Waals surface area (Å²) in [5, 5.41) is 12.3. The van der Waals surface area contributed by atoms with E-state index in [9.17, 15) is 5.11 Å². The van der Waals surface area contributed by atoms with Crippen molar-refractivity contribution in [2.45, 2.75) is 19.1 Å². The molecule has 1 N–H and O–H groups in total. The zero-order valence-electron chi connectivity index (χ0n) is 11.2. The summed E-state index contributed by atoms with van der Waals surface area (Å²) in [6.45, 7) is 1.79. The molecule has 20 heavy (non-hydrogen) atoms. The van der Waals surface area contributed by atoms with Gasteiger partial charge in [-0.05, 0) is 53.2 Å². The lowest BCUT2D eigenvalue weighted by Crippen LogP contribution is -2.20. The number of hydrogen-bond acceptors (Lipinski definition) is 3. The zero-order valence-corrected chi connectivity index (χ0v) is 15.2. The lowest BCUT2D eigenvalue weighted by Gasteiger charge is -2.18. The number of hydrogen-bond donors (Lipinski definition) is 1. The van der Waals surface area contributed by atoms with Gasteiger partial charge in [-0.15, -0.1) is 11.3 Å². The van der Waals surface area contributed by atoms with E-state index in [1.807, 2.05) is 24.3 Å². The van der Waals surface area contributed by atoms with Gasteiger partial charge in [-0.25, -0.2) is 0 Å². The van der Waals surface area contributed by atoms with Crippen molar-refractivity contribution in [3.63, 3.8) is 0 Å². The molecule has 0 fully saturated rings. The normalized spacial score (nSPS) is 12.8. The largest absolute Gasteiger partial charge is 0.388 e. The van der Waals surface area contributed by atoms with Gasteiger partial charge >= 0.3 is 0 Å². The fraction of sp³-hybridized carbons (Fsp3) is 0.333. The molecule has 0 radical (unpaired) electrons. The Labute approximate surface area is 140 Å². The van der Waals surface area contributed by atoms with E-state index in [-0.39, 0.29) is 0 Å². The third-order valence-corrected chi connectivity index (χ3v) is 5.30.